The Bertz CT molecular complexity index is 854. The first-order valence-corrected chi connectivity index (χ1v) is 8.77. The Morgan fingerprint density at radius 2 is 1.78 bits per heavy atom. The summed E-state index contributed by atoms with van der Waals surface area (Å²) in [7, 11) is 0. The number of aryl methyl sites for hydroxylation is 1. The fourth-order valence-electron chi connectivity index (χ4n) is 3.05. The second-order valence-electron chi connectivity index (χ2n) is 6.71. The fraction of sp³-hybridized carbons (Fsp3) is 0.400. The Morgan fingerprint density at radius 3 is 2.33 bits per heavy atom. The topological polar surface area (TPSA) is 57.5 Å². The van der Waals surface area contributed by atoms with Gasteiger partial charge in [-0.3, -0.25) is 9.59 Å². The maximum atomic E-state index is 12.7. The molecule has 1 aliphatic rings. The number of halogens is 2. The van der Waals surface area contributed by atoms with E-state index in [1.54, 1.807) is 32.0 Å². The Hall–Kier alpha value is -2.70. The second kappa shape index (κ2) is 7.50. The third kappa shape index (κ3) is 4.18. The molecule has 0 N–H and O–H groups in total. The third-order valence-corrected chi connectivity index (χ3v) is 4.59. The average molecular weight is 377 g/mol. The summed E-state index contributed by atoms with van der Waals surface area (Å²) in [6.07, 6.45) is 0.785. The maximum Gasteiger partial charge on any atom is 0.387 e. The van der Waals surface area contributed by atoms with Gasteiger partial charge in [0.25, 0.3) is 0 Å². The summed E-state index contributed by atoms with van der Waals surface area (Å²) in [5, 5.41) is 0. The van der Waals surface area contributed by atoms with Crippen molar-refractivity contribution in [2.45, 2.75) is 46.3 Å². The molecule has 2 aromatic rings. The number of hydrogen-bond acceptors (Lipinski definition) is 4. The van der Waals surface area contributed by atoms with Gasteiger partial charge in [-0.25, -0.2) is 0 Å². The molecule has 0 bridgehead atoms. The van der Waals surface area contributed by atoms with E-state index in [0.717, 1.165) is 18.5 Å². The predicted octanol–water partition coefficient (Wildman–Crippen LogP) is 4.22. The molecule has 1 unspecified atom stereocenters. The molecule has 144 valence electrons. The van der Waals surface area contributed by atoms with E-state index in [-0.39, 0.29) is 23.4 Å². The van der Waals surface area contributed by atoms with Crippen molar-refractivity contribution < 1.29 is 27.8 Å². The number of esters is 1. The first kappa shape index (κ1) is 19.1. The maximum absolute atomic E-state index is 12.7. The van der Waals surface area contributed by atoms with Crippen molar-refractivity contribution in [1.29, 1.82) is 0 Å². The normalized spacial score (nSPS) is 14.9. The summed E-state index contributed by atoms with van der Waals surface area (Å²) in [5.41, 5.74) is 2.68. The fourth-order valence-corrected chi connectivity index (χ4v) is 3.05. The van der Waals surface area contributed by atoms with Crippen molar-refractivity contribution in [2.75, 3.05) is 0 Å². The van der Waals surface area contributed by atoms with Gasteiger partial charge in [-0.15, -0.1) is 0 Å². The van der Waals surface area contributed by atoms with Gasteiger partial charge >= 0.3 is 12.6 Å². The van der Waals surface area contributed by atoms with Crippen LogP contribution in [0.5, 0.6) is 5.75 Å². The highest BCUT2D eigenvalue weighted by atomic mass is 19.3. The minimum atomic E-state index is -2.88. The van der Waals surface area contributed by atoms with E-state index in [0.29, 0.717) is 16.9 Å². The van der Waals surface area contributed by atoms with E-state index >= 15 is 0 Å². The lowest BCUT2D eigenvalue weighted by atomic mass is 10.1. The smallest absolute Gasteiger partial charge is 0.387 e. The zero-order valence-electron chi connectivity index (χ0n) is 15.4. The van der Waals surface area contributed by atoms with Gasteiger partial charge in [0, 0.05) is 22.6 Å². The molecule has 0 radical (unpaired) electrons. The highest BCUT2D eigenvalue weighted by molar-refractivity contribution is 6.01. The van der Waals surface area contributed by atoms with Gasteiger partial charge in [-0.2, -0.15) is 8.78 Å². The highest BCUT2D eigenvalue weighted by Crippen LogP contribution is 2.31. The van der Waals surface area contributed by atoms with Crippen LogP contribution in [0.2, 0.25) is 0 Å². The lowest BCUT2D eigenvalue weighted by Crippen LogP contribution is -2.25. The molecule has 27 heavy (non-hydrogen) atoms. The number of ether oxygens (including phenoxy) is 2. The van der Waals surface area contributed by atoms with Crippen LogP contribution in [0.25, 0.3) is 5.69 Å². The molecule has 0 saturated heterocycles. The summed E-state index contributed by atoms with van der Waals surface area (Å²) >= 11 is 0. The van der Waals surface area contributed by atoms with E-state index < -0.39 is 12.7 Å². The zero-order chi connectivity index (χ0) is 19.7. The molecule has 0 amide bonds. The summed E-state index contributed by atoms with van der Waals surface area (Å²) in [4.78, 5) is 24.5. The van der Waals surface area contributed by atoms with Crippen LogP contribution in [0.3, 0.4) is 0 Å². The summed E-state index contributed by atoms with van der Waals surface area (Å²) in [5.74, 6) is -0.588. The molecule has 1 aromatic heterocycles. The van der Waals surface area contributed by atoms with Crippen molar-refractivity contribution >= 4 is 11.8 Å². The van der Waals surface area contributed by atoms with Gasteiger partial charge in [-0.1, -0.05) is 0 Å². The number of nitrogens with zero attached hydrogens (tertiary/aromatic N) is 1. The molecule has 1 aliphatic carbocycles. The van der Waals surface area contributed by atoms with Crippen LogP contribution in [0, 0.1) is 19.8 Å². The van der Waals surface area contributed by atoms with Crippen LogP contribution in [-0.2, 0) is 9.53 Å². The number of hydrogen-bond donors (Lipinski definition) is 0. The number of carbonyl (C=O) groups is 2. The van der Waals surface area contributed by atoms with Crippen molar-refractivity contribution in [3.8, 4) is 11.4 Å². The SMILES string of the molecule is Cc1cc(C(=O)C(C)OC(=O)C2CC2)c(C)n1-c1ccc(OC(F)F)cc1. The number of aromatic nitrogens is 1. The largest absolute Gasteiger partial charge is 0.454 e. The number of carbonyl (C=O) groups excluding carboxylic acids is 2. The standard InChI is InChI=1S/C20H21F2NO4/c1-11-10-17(18(24)13(3)26-19(25)14-4-5-14)12(2)23(11)15-6-8-16(9-7-15)27-20(21)22/h6-10,13-14,20H,4-5H2,1-3H3. The van der Waals surface area contributed by atoms with Gasteiger partial charge in [0.15, 0.2) is 6.10 Å². The molecule has 0 aliphatic heterocycles. The second-order valence-corrected chi connectivity index (χ2v) is 6.71. The van der Waals surface area contributed by atoms with Crippen molar-refractivity contribution in [2.24, 2.45) is 5.92 Å². The Morgan fingerprint density at radius 1 is 1.15 bits per heavy atom. The minimum absolute atomic E-state index is 0.0631. The lowest BCUT2D eigenvalue weighted by molar-refractivity contribution is -0.147. The molecule has 3 rings (SSSR count). The van der Waals surface area contributed by atoms with Gasteiger partial charge in [-0.05, 0) is 63.9 Å². The Balaban J connectivity index is 1.81. The average Bonchev–Trinajstić information content (AvgIpc) is 3.41. The van der Waals surface area contributed by atoms with Crippen LogP contribution in [-0.4, -0.2) is 29.0 Å². The van der Waals surface area contributed by atoms with Gasteiger partial charge < -0.3 is 14.0 Å². The Kier molecular flexibility index (Phi) is 5.30. The molecule has 5 nitrogen and oxygen atoms in total. The lowest BCUT2D eigenvalue weighted by Gasteiger charge is -2.13. The van der Waals surface area contributed by atoms with Crippen LogP contribution in [0.15, 0.2) is 30.3 Å². The first-order chi connectivity index (χ1) is 12.8. The molecule has 7 heteroatoms. The molecule has 1 fully saturated rings. The van der Waals surface area contributed by atoms with Crippen molar-refractivity contribution in [1.82, 2.24) is 4.57 Å². The molecular formula is C20H21F2NO4. The van der Waals surface area contributed by atoms with E-state index in [1.807, 2.05) is 11.5 Å². The summed E-state index contributed by atoms with van der Waals surface area (Å²) < 4.78 is 36.0. The molecular weight excluding hydrogens is 356 g/mol. The van der Waals surface area contributed by atoms with E-state index in [4.69, 9.17) is 4.74 Å². The number of Topliss-reactive ketones (excluding diaryl/α,β-unsaturated/α-hetero) is 1. The molecule has 1 heterocycles. The van der Waals surface area contributed by atoms with Crippen LogP contribution in [0.1, 0.15) is 41.5 Å². The van der Waals surface area contributed by atoms with E-state index in [1.165, 1.54) is 12.1 Å². The predicted molar refractivity (Wildman–Crippen MR) is 94.5 cm³/mol. The number of alkyl halides is 2. The van der Waals surface area contributed by atoms with Crippen molar-refractivity contribution in [3.05, 3.63) is 47.3 Å². The first-order valence-electron chi connectivity index (χ1n) is 8.77. The van der Waals surface area contributed by atoms with Gasteiger partial charge in [0.2, 0.25) is 5.78 Å². The number of benzene rings is 1. The van der Waals surface area contributed by atoms with Crippen LogP contribution >= 0.6 is 0 Å². The quantitative estimate of drug-likeness (QED) is 0.535. The molecule has 1 atom stereocenters. The monoisotopic (exact) mass is 377 g/mol. The van der Waals surface area contributed by atoms with E-state index in [9.17, 15) is 18.4 Å². The Labute approximate surface area is 155 Å². The van der Waals surface area contributed by atoms with Gasteiger partial charge in [0.1, 0.15) is 5.75 Å². The van der Waals surface area contributed by atoms with Crippen LogP contribution in [0.4, 0.5) is 8.78 Å². The molecule has 1 saturated carbocycles. The van der Waals surface area contributed by atoms with Gasteiger partial charge in [0.05, 0.1) is 5.92 Å². The number of ketones is 1. The third-order valence-electron chi connectivity index (χ3n) is 4.59. The summed E-state index contributed by atoms with van der Waals surface area (Å²) in [6, 6.07) is 7.91. The summed E-state index contributed by atoms with van der Waals surface area (Å²) in [6.45, 7) is 2.33. The zero-order valence-corrected chi connectivity index (χ0v) is 15.4. The highest BCUT2D eigenvalue weighted by Gasteiger charge is 2.34. The van der Waals surface area contributed by atoms with E-state index in [2.05, 4.69) is 4.74 Å². The minimum Gasteiger partial charge on any atom is -0.454 e. The molecule has 0 spiro atoms. The number of rotatable bonds is 7. The van der Waals surface area contributed by atoms with Crippen LogP contribution < -0.4 is 4.74 Å². The molecule has 1 aromatic carbocycles. The van der Waals surface area contributed by atoms with Crippen molar-refractivity contribution in [3.63, 3.8) is 0 Å².